The number of rotatable bonds is 4. The number of ether oxygens (including phenoxy) is 2. The molecule has 9 heteroatoms. The lowest BCUT2D eigenvalue weighted by atomic mass is 9.97. The van der Waals surface area contributed by atoms with Crippen LogP contribution in [0.4, 0.5) is 0 Å². The summed E-state index contributed by atoms with van der Waals surface area (Å²) in [5.41, 5.74) is 5.47. The number of nitrogens with zero attached hydrogens (tertiary/aromatic N) is 3. The molecule has 1 aromatic carbocycles. The Kier molecular flexibility index (Phi) is 4.09. The van der Waals surface area contributed by atoms with Crippen molar-refractivity contribution < 1.29 is 14.3 Å². The van der Waals surface area contributed by atoms with Gasteiger partial charge in [0.2, 0.25) is 0 Å². The molecule has 1 aliphatic rings. The molecule has 0 saturated heterocycles. The fraction of sp³-hybridized carbons (Fsp3) is 0.150. The maximum atomic E-state index is 12.5. The van der Waals surface area contributed by atoms with Gasteiger partial charge in [0.1, 0.15) is 18.1 Å². The molecule has 1 aliphatic heterocycles. The molecule has 0 bridgehead atoms. The molecule has 3 aromatic heterocycles. The summed E-state index contributed by atoms with van der Waals surface area (Å²) < 4.78 is 13.4. The molecule has 5 rings (SSSR count). The summed E-state index contributed by atoms with van der Waals surface area (Å²) in [7, 11) is 3.22. The highest BCUT2D eigenvalue weighted by Gasteiger charge is 2.31. The van der Waals surface area contributed by atoms with Gasteiger partial charge in [-0.1, -0.05) is 0 Å². The Morgan fingerprint density at radius 2 is 2.28 bits per heavy atom. The van der Waals surface area contributed by atoms with E-state index in [0.717, 1.165) is 33.6 Å². The Hall–Kier alpha value is -3.59. The van der Waals surface area contributed by atoms with Crippen LogP contribution in [0.1, 0.15) is 16.1 Å². The van der Waals surface area contributed by atoms with E-state index in [9.17, 15) is 4.79 Å². The average Bonchev–Trinajstić information content (AvgIpc) is 3.52. The summed E-state index contributed by atoms with van der Waals surface area (Å²) in [5, 5.41) is 18.1. The Morgan fingerprint density at radius 1 is 1.38 bits per heavy atom. The van der Waals surface area contributed by atoms with Crippen LogP contribution in [0.3, 0.4) is 0 Å². The molecule has 8 nitrogen and oxygen atoms in total. The third-order valence-electron chi connectivity index (χ3n) is 4.91. The van der Waals surface area contributed by atoms with Gasteiger partial charge in [0.05, 0.1) is 24.7 Å². The highest BCUT2D eigenvalue weighted by Crippen LogP contribution is 2.45. The van der Waals surface area contributed by atoms with Gasteiger partial charge in [-0.2, -0.15) is 21.5 Å². The number of aromatic amines is 1. The summed E-state index contributed by atoms with van der Waals surface area (Å²) in [6.45, 7) is 0.253. The van der Waals surface area contributed by atoms with Crippen molar-refractivity contribution in [3.8, 4) is 39.6 Å². The van der Waals surface area contributed by atoms with E-state index in [-0.39, 0.29) is 12.5 Å². The number of carbonyl (C=O) groups excluding carboxylic acids is 1. The largest absolute Gasteiger partial charge is 0.496 e. The van der Waals surface area contributed by atoms with Crippen LogP contribution >= 0.6 is 11.3 Å². The second kappa shape index (κ2) is 6.78. The number of fused-ring (bicyclic) bond motifs is 3. The van der Waals surface area contributed by atoms with Crippen LogP contribution in [0, 0.1) is 0 Å². The van der Waals surface area contributed by atoms with Gasteiger partial charge in [0.15, 0.2) is 5.69 Å². The van der Waals surface area contributed by atoms with E-state index in [4.69, 9.17) is 9.47 Å². The van der Waals surface area contributed by atoms with Crippen molar-refractivity contribution in [1.82, 2.24) is 25.3 Å². The van der Waals surface area contributed by atoms with Crippen LogP contribution in [-0.2, 0) is 6.61 Å². The van der Waals surface area contributed by atoms with Crippen molar-refractivity contribution in [1.29, 1.82) is 0 Å². The lowest BCUT2D eigenvalue weighted by Gasteiger charge is -2.21. The number of thiophene rings is 1. The summed E-state index contributed by atoms with van der Waals surface area (Å²) in [5.74, 6) is 1.12. The number of carbonyl (C=O) groups is 1. The Morgan fingerprint density at radius 3 is 2.97 bits per heavy atom. The van der Waals surface area contributed by atoms with E-state index in [1.54, 1.807) is 37.9 Å². The predicted octanol–water partition coefficient (Wildman–Crippen LogP) is 3.25. The summed E-state index contributed by atoms with van der Waals surface area (Å²) in [6, 6.07) is 5.83. The van der Waals surface area contributed by atoms with Crippen molar-refractivity contribution in [3.63, 3.8) is 0 Å². The van der Waals surface area contributed by atoms with Gasteiger partial charge in [-0.05, 0) is 17.5 Å². The number of methoxy groups -OCH3 is 1. The average molecular weight is 407 g/mol. The molecular weight excluding hydrogens is 390 g/mol. The lowest BCUT2D eigenvalue weighted by Crippen LogP contribution is -2.21. The standard InChI is InChI=1S/C20H17N5O3S/c1-21-20(26)18-15-9-28-17-6-16(27-2)13(11-7-22-23-8-11)5-14(17)19(15)25(24-18)12-3-4-29-10-12/h3-8,10H,9H2,1-2H3,(H,21,26)(H,22,23). The zero-order valence-corrected chi connectivity index (χ0v) is 16.5. The number of nitrogens with one attached hydrogen (secondary N) is 2. The molecule has 0 saturated carbocycles. The number of hydrogen-bond acceptors (Lipinski definition) is 6. The molecular formula is C20H17N5O3S. The minimum Gasteiger partial charge on any atom is -0.496 e. The zero-order valence-electron chi connectivity index (χ0n) is 15.7. The summed E-state index contributed by atoms with van der Waals surface area (Å²) in [4.78, 5) is 12.5. The first-order chi connectivity index (χ1) is 14.2. The maximum Gasteiger partial charge on any atom is 0.271 e. The minimum absolute atomic E-state index is 0.245. The van der Waals surface area contributed by atoms with Crippen LogP contribution in [0.5, 0.6) is 11.5 Å². The molecule has 4 aromatic rings. The fourth-order valence-corrected chi connectivity index (χ4v) is 4.15. The van der Waals surface area contributed by atoms with Gasteiger partial charge < -0.3 is 14.8 Å². The summed E-state index contributed by atoms with van der Waals surface area (Å²) >= 11 is 1.57. The van der Waals surface area contributed by atoms with E-state index in [2.05, 4.69) is 20.6 Å². The summed E-state index contributed by atoms with van der Waals surface area (Å²) in [6.07, 6.45) is 3.54. The molecule has 0 fully saturated rings. The van der Waals surface area contributed by atoms with Crippen molar-refractivity contribution in [2.45, 2.75) is 6.61 Å². The van der Waals surface area contributed by atoms with E-state index in [0.29, 0.717) is 17.2 Å². The first kappa shape index (κ1) is 17.5. The minimum atomic E-state index is -0.245. The maximum absolute atomic E-state index is 12.5. The van der Waals surface area contributed by atoms with Crippen LogP contribution in [0.25, 0.3) is 28.1 Å². The molecule has 0 atom stereocenters. The molecule has 29 heavy (non-hydrogen) atoms. The number of hydrogen-bond donors (Lipinski definition) is 2. The third-order valence-corrected chi connectivity index (χ3v) is 5.59. The fourth-order valence-electron chi connectivity index (χ4n) is 3.54. The molecule has 1 amide bonds. The Balaban J connectivity index is 1.79. The van der Waals surface area contributed by atoms with Crippen molar-refractivity contribution >= 4 is 17.2 Å². The van der Waals surface area contributed by atoms with Crippen LogP contribution in [0.2, 0.25) is 0 Å². The molecule has 146 valence electrons. The molecule has 2 N–H and O–H groups in total. The van der Waals surface area contributed by atoms with E-state index >= 15 is 0 Å². The Labute approximate surface area is 170 Å². The quantitative estimate of drug-likeness (QED) is 0.542. The SMILES string of the molecule is CNC(=O)c1nn(-c2ccsc2)c2c1COc1cc(OC)c(-c3cn[nH]c3)cc1-2. The lowest BCUT2D eigenvalue weighted by molar-refractivity contribution is 0.0955. The molecule has 0 spiro atoms. The number of benzene rings is 1. The first-order valence-corrected chi connectivity index (χ1v) is 9.86. The number of amides is 1. The molecule has 4 heterocycles. The monoisotopic (exact) mass is 407 g/mol. The topological polar surface area (TPSA) is 94.1 Å². The molecule has 0 radical (unpaired) electrons. The van der Waals surface area contributed by atoms with E-state index in [1.165, 1.54) is 0 Å². The number of H-pyrrole nitrogens is 1. The highest BCUT2D eigenvalue weighted by atomic mass is 32.1. The van der Waals surface area contributed by atoms with Gasteiger partial charge >= 0.3 is 0 Å². The zero-order chi connectivity index (χ0) is 20.0. The van der Waals surface area contributed by atoms with Crippen molar-refractivity contribution in [3.05, 3.63) is 52.6 Å². The predicted molar refractivity (Wildman–Crippen MR) is 109 cm³/mol. The second-order valence-corrected chi connectivity index (χ2v) is 7.25. The molecule has 0 unspecified atom stereocenters. The first-order valence-electron chi connectivity index (χ1n) is 8.92. The van der Waals surface area contributed by atoms with Crippen LogP contribution in [0.15, 0.2) is 41.4 Å². The van der Waals surface area contributed by atoms with E-state index in [1.807, 2.05) is 33.6 Å². The number of aromatic nitrogens is 4. The Bertz CT molecular complexity index is 1200. The van der Waals surface area contributed by atoms with Gasteiger partial charge in [0, 0.05) is 46.9 Å². The van der Waals surface area contributed by atoms with Crippen molar-refractivity contribution in [2.75, 3.05) is 14.2 Å². The smallest absolute Gasteiger partial charge is 0.271 e. The van der Waals surface area contributed by atoms with E-state index < -0.39 is 0 Å². The van der Waals surface area contributed by atoms with Gasteiger partial charge in [0.25, 0.3) is 5.91 Å². The van der Waals surface area contributed by atoms with Gasteiger partial charge in [-0.3, -0.25) is 9.89 Å². The van der Waals surface area contributed by atoms with Gasteiger partial charge in [-0.15, -0.1) is 0 Å². The molecule has 0 aliphatic carbocycles. The van der Waals surface area contributed by atoms with Crippen molar-refractivity contribution in [2.24, 2.45) is 0 Å². The normalized spacial score (nSPS) is 12.1. The highest BCUT2D eigenvalue weighted by molar-refractivity contribution is 7.08. The van der Waals surface area contributed by atoms with Crippen LogP contribution < -0.4 is 14.8 Å². The van der Waals surface area contributed by atoms with Crippen LogP contribution in [-0.4, -0.2) is 40.0 Å². The third kappa shape index (κ3) is 2.70. The van der Waals surface area contributed by atoms with Gasteiger partial charge in [-0.25, -0.2) is 4.68 Å². The second-order valence-electron chi connectivity index (χ2n) is 6.47.